The molecular weight excluding hydrogens is 613 g/mol. The van der Waals surface area contributed by atoms with Crippen LogP contribution in [0.1, 0.15) is 23.5 Å². The average molecular weight is 640 g/mol. The minimum atomic E-state index is -5.08. The minimum Gasteiger partial charge on any atom is -0.475 e. The summed E-state index contributed by atoms with van der Waals surface area (Å²) in [5, 5.41) is 7.12. The monoisotopic (exact) mass is 639 g/mol. The smallest absolute Gasteiger partial charge is 0.475 e. The van der Waals surface area contributed by atoms with Gasteiger partial charge in [-0.15, -0.1) is 0 Å². The van der Waals surface area contributed by atoms with E-state index in [1.165, 1.54) is 4.90 Å². The second kappa shape index (κ2) is 13.2. The number of rotatable bonds is 6. The van der Waals surface area contributed by atoms with Crippen LogP contribution < -0.4 is 10.6 Å². The van der Waals surface area contributed by atoms with Gasteiger partial charge in [0.15, 0.2) is 11.6 Å². The number of hydrogen-bond donors (Lipinski definition) is 2. The number of carbonyl (C=O) groups is 2. The maximum absolute atomic E-state index is 14.0. The number of nitrogens with two attached hydrogens (primary N) is 1. The summed E-state index contributed by atoms with van der Waals surface area (Å²) >= 11 is 0. The first-order valence-electron chi connectivity index (χ1n) is 12.7. The fraction of sp³-hybridized carbons (Fsp3) is 0.370. The van der Waals surface area contributed by atoms with Crippen LogP contribution in [0.4, 0.5) is 45.2 Å². The third-order valence-electron chi connectivity index (χ3n) is 6.52. The summed E-state index contributed by atoms with van der Waals surface area (Å²) in [4.78, 5) is 29.0. The van der Waals surface area contributed by atoms with Crippen molar-refractivity contribution in [2.24, 2.45) is 5.73 Å². The maximum Gasteiger partial charge on any atom is 0.490 e. The van der Waals surface area contributed by atoms with Gasteiger partial charge in [0.05, 0.1) is 17.9 Å². The lowest BCUT2D eigenvalue weighted by Crippen LogP contribution is -2.42. The molecular formula is C27H26F9N5O3. The van der Waals surface area contributed by atoms with Gasteiger partial charge in [-0.3, -0.25) is 4.79 Å². The van der Waals surface area contributed by atoms with Crippen LogP contribution >= 0.6 is 0 Å². The number of amides is 1. The Morgan fingerprint density at radius 2 is 1.55 bits per heavy atom. The number of carbonyl (C=O) groups excluding carboxylic acids is 1. The molecule has 1 aliphatic rings. The Hall–Kier alpha value is -4.28. The van der Waals surface area contributed by atoms with Gasteiger partial charge in [-0.25, -0.2) is 22.9 Å². The molecule has 4 rings (SSSR count). The van der Waals surface area contributed by atoms with Crippen molar-refractivity contribution in [2.75, 3.05) is 25.5 Å². The molecule has 0 spiro atoms. The van der Waals surface area contributed by atoms with Crippen molar-refractivity contribution in [2.45, 2.75) is 44.3 Å². The van der Waals surface area contributed by atoms with Crippen LogP contribution in [-0.2, 0) is 35.3 Å². The molecule has 1 atom stereocenters. The van der Waals surface area contributed by atoms with Crippen LogP contribution in [-0.4, -0.2) is 64.3 Å². The fourth-order valence-corrected chi connectivity index (χ4v) is 4.37. The lowest BCUT2D eigenvalue weighted by molar-refractivity contribution is -0.192. The van der Waals surface area contributed by atoms with Crippen LogP contribution in [0.5, 0.6) is 0 Å². The van der Waals surface area contributed by atoms with Crippen molar-refractivity contribution in [1.29, 1.82) is 0 Å². The lowest BCUT2D eigenvalue weighted by Gasteiger charge is -2.30. The molecule has 1 amide bonds. The van der Waals surface area contributed by atoms with Gasteiger partial charge in [-0.1, -0.05) is 12.1 Å². The molecule has 8 nitrogen and oxygen atoms in total. The largest absolute Gasteiger partial charge is 0.490 e. The van der Waals surface area contributed by atoms with Crippen LogP contribution in [0.15, 0.2) is 36.4 Å². The zero-order chi connectivity index (χ0) is 33.1. The number of imidazole rings is 1. The predicted octanol–water partition coefficient (Wildman–Crippen LogP) is 4.99. The van der Waals surface area contributed by atoms with Crippen LogP contribution in [0.2, 0.25) is 0 Å². The highest BCUT2D eigenvalue weighted by Gasteiger charge is 2.41. The number of aliphatic carboxylic acids is 1. The van der Waals surface area contributed by atoms with Crippen LogP contribution in [0.25, 0.3) is 11.3 Å². The van der Waals surface area contributed by atoms with E-state index in [1.54, 1.807) is 24.3 Å². The third kappa shape index (κ3) is 8.21. The molecule has 240 valence electrons. The van der Waals surface area contributed by atoms with E-state index in [4.69, 9.17) is 15.6 Å². The van der Waals surface area contributed by atoms with Gasteiger partial charge in [-0.2, -0.15) is 26.3 Å². The molecule has 17 heteroatoms. The number of hydrogen-bond acceptors (Lipinski definition) is 5. The highest BCUT2D eigenvalue weighted by Crippen LogP contribution is 2.36. The van der Waals surface area contributed by atoms with Crippen molar-refractivity contribution in [1.82, 2.24) is 14.5 Å². The molecule has 2 aromatic carbocycles. The van der Waals surface area contributed by atoms with Gasteiger partial charge in [0.1, 0.15) is 5.82 Å². The Labute approximate surface area is 244 Å². The first kappa shape index (κ1) is 34.2. The topological polar surface area (TPSA) is 105 Å². The molecule has 0 bridgehead atoms. The SMILES string of the molecule is CN(C)c1ccc(-c2nc(C(F)(F)F)n3c2CN(C(=O)C[C@H](N)Cc2cc(F)c(F)cc2F)CC3)cc1.O=C(O)C(F)(F)F. The zero-order valence-corrected chi connectivity index (χ0v) is 23.1. The Bertz CT molecular complexity index is 1500. The van der Waals surface area contributed by atoms with Crippen molar-refractivity contribution in [3.05, 3.63) is 70.9 Å². The Balaban J connectivity index is 0.000000676. The summed E-state index contributed by atoms with van der Waals surface area (Å²) < 4.78 is 115. The van der Waals surface area contributed by atoms with Crippen LogP contribution in [0.3, 0.4) is 0 Å². The molecule has 0 fully saturated rings. The van der Waals surface area contributed by atoms with Crippen molar-refractivity contribution < 1.29 is 54.2 Å². The number of carboxylic acids is 1. The van der Waals surface area contributed by atoms with E-state index in [0.717, 1.165) is 10.3 Å². The van der Waals surface area contributed by atoms with Gasteiger partial charge in [0.2, 0.25) is 11.7 Å². The number of nitrogens with zero attached hydrogens (tertiary/aromatic N) is 4. The minimum absolute atomic E-state index is 0.00343. The highest BCUT2D eigenvalue weighted by atomic mass is 19.4. The quantitative estimate of drug-likeness (QED) is 0.291. The first-order chi connectivity index (χ1) is 20.3. The van der Waals surface area contributed by atoms with Crippen molar-refractivity contribution in [3.8, 4) is 11.3 Å². The molecule has 1 aromatic heterocycles. The summed E-state index contributed by atoms with van der Waals surface area (Å²) in [7, 11) is 3.68. The van der Waals surface area contributed by atoms with Gasteiger partial charge < -0.3 is 25.2 Å². The van der Waals surface area contributed by atoms with Gasteiger partial charge in [-0.05, 0) is 30.2 Å². The summed E-state index contributed by atoms with van der Waals surface area (Å²) in [6, 6.07) is 7.06. The molecule has 0 saturated heterocycles. The van der Waals surface area contributed by atoms with Crippen molar-refractivity contribution >= 4 is 17.6 Å². The average Bonchev–Trinajstić information content (AvgIpc) is 3.31. The Morgan fingerprint density at radius 3 is 2.07 bits per heavy atom. The molecule has 0 unspecified atom stereocenters. The molecule has 1 aliphatic heterocycles. The molecule has 3 N–H and O–H groups in total. The molecule has 0 aliphatic carbocycles. The molecule has 0 radical (unpaired) electrons. The van der Waals surface area contributed by atoms with Crippen LogP contribution in [0, 0.1) is 17.5 Å². The first-order valence-corrected chi connectivity index (χ1v) is 12.7. The zero-order valence-electron chi connectivity index (χ0n) is 23.1. The van der Waals surface area contributed by atoms with E-state index < -0.39 is 53.5 Å². The maximum atomic E-state index is 14.0. The summed E-state index contributed by atoms with van der Waals surface area (Å²) in [5.74, 6) is -7.79. The lowest BCUT2D eigenvalue weighted by atomic mass is 10.0. The van der Waals surface area contributed by atoms with E-state index in [9.17, 15) is 44.3 Å². The number of fused-ring (bicyclic) bond motifs is 1. The Morgan fingerprint density at radius 1 is 0.977 bits per heavy atom. The fourth-order valence-electron chi connectivity index (χ4n) is 4.37. The Kier molecular flexibility index (Phi) is 10.2. The van der Waals surface area contributed by atoms with Gasteiger partial charge in [0.25, 0.3) is 0 Å². The number of halogens is 9. The normalized spacial score (nSPS) is 14.0. The summed E-state index contributed by atoms with van der Waals surface area (Å²) in [6.45, 7) is -0.249. The number of aromatic nitrogens is 2. The number of alkyl halides is 6. The molecule has 0 saturated carbocycles. The van der Waals surface area contributed by atoms with E-state index in [2.05, 4.69) is 4.98 Å². The molecule has 3 aromatic rings. The highest BCUT2D eigenvalue weighted by molar-refractivity contribution is 5.77. The predicted molar refractivity (Wildman–Crippen MR) is 139 cm³/mol. The molecule has 2 heterocycles. The number of benzene rings is 2. The molecule has 44 heavy (non-hydrogen) atoms. The van der Waals surface area contributed by atoms with E-state index >= 15 is 0 Å². The van der Waals surface area contributed by atoms with E-state index in [-0.39, 0.29) is 49.4 Å². The number of carboxylic acid groups (broad SMARTS) is 1. The third-order valence-corrected chi connectivity index (χ3v) is 6.52. The van der Waals surface area contributed by atoms with Gasteiger partial charge in [0, 0.05) is 57.0 Å². The summed E-state index contributed by atoms with van der Waals surface area (Å²) in [5.41, 5.74) is 7.52. The summed E-state index contributed by atoms with van der Waals surface area (Å²) in [6.07, 6.45) is -10.2. The van der Waals surface area contributed by atoms with Crippen molar-refractivity contribution in [3.63, 3.8) is 0 Å². The standard InChI is InChI=1S/C25H25F6N5O.C2HF3O2/c1-34(2)17-5-3-14(4-6-17)23-21-13-35(7-8-36(21)24(33-23)25(29,30)31)22(37)11-16(32)9-15-10-19(27)20(28)12-18(15)26;3-2(4,5)1(6)7/h3-6,10,12,16H,7-9,11,13,32H2,1-2H3;(H,6,7)/t16-;/m1./s1. The van der Waals surface area contributed by atoms with Gasteiger partial charge >= 0.3 is 18.3 Å². The second-order valence-corrected chi connectivity index (χ2v) is 9.97. The van der Waals surface area contributed by atoms with E-state index in [0.29, 0.717) is 17.7 Å². The second-order valence-electron chi connectivity index (χ2n) is 9.97. The number of anilines is 1. The van der Waals surface area contributed by atoms with E-state index in [1.807, 2.05) is 19.0 Å².